The maximum Gasteiger partial charge on any atom is 0.259 e. The van der Waals surface area contributed by atoms with E-state index in [0.29, 0.717) is 33.9 Å². The van der Waals surface area contributed by atoms with E-state index in [2.05, 4.69) is 31.7 Å². The van der Waals surface area contributed by atoms with E-state index >= 15 is 0 Å². The molecule has 2 aromatic rings. The highest BCUT2D eigenvalue weighted by Gasteiger charge is 2.13. The first-order chi connectivity index (χ1) is 10.1. The quantitative estimate of drug-likeness (QED) is 0.569. The Balaban J connectivity index is 2.21. The zero-order valence-electron chi connectivity index (χ0n) is 11.4. The van der Waals surface area contributed by atoms with Crippen molar-refractivity contribution in [2.75, 3.05) is 17.3 Å². The van der Waals surface area contributed by atoms with Crippen LogP contribution in [0.3, 0.4) is 0 Å². The Hall–Kier alpha value is -2.12. The summed E-state index contributed by atoms with van der Waals surface area (Å²) in [6, 6.07) is 8.81. The molecule has 0 radical (unpaired) electrons. The number of carbonyl (C=O) groups is 1. The number of pyridine rings is 1. The smallest absolute Gasteiger partial charge is 0.259 e. The van der Waals surface area contributed by atoms with Gasteiger partial charge in [-0.2, -0.15) is 0 Å². The van der Waals surface area contributed by atoms with E-state index in [-0.39, 0.29) is 5.91 Å². The minimum absolute atomic E-state index is 0.302. The fraction of sp³-hybridized carbons (Fsp3) is 0.143. The summed E-state index contributed by atoms with van der Waals surface area (Å²) in [4.78, 5) is 16.3. The Morgan fingerprint density at radius 2 is 2.24 bits per heavy atom. The molecule has 2 rings (SSSR count). The van der Waals surface area contributed by atoms with Crippen LogP contribution in [0.5, 0.6) is 5.75 Å². The van der Waals surface area contributed by atoms with Gasteiger partial charge in [0.2, 0.25) is 0 Å². The first-order valence-electron chi connectivity index (χ1n) is 6.30. The van der Waals surface area contributed by atoms with Crippen molar-refractivity contribution in [3.8, 4) is 5.75 Å². The number of nitrogens with two attached hydrogens (primary N) is 1. The minimum atomic E-state index is -0.314. The molecule has 1 aromatic heterocycles. The number of carbonyl (C=O) groups excluding carboxylic acids is 1. The van der Waals surface area contributed by atoms with Crippen LogP contribution in [0.1, 0.15) is 17.3 Å². The fourth-order valence-electron chi connectivity index (χ4n) is 1.76. The summed E-state index contributed by atoms with van der Waals surface area (Å²) in [5.41, 5.74) is 3.38. The lowest BCUT2D eigenvalue weighted by atomic mass is 10.2. The number of nitrogen functional groups attached to an aromatic ring is 1. The van der Waals surface area contributed by atoms with Crippen LogP contribution in [0, 0.1) is 0 Å². The lowest BCUT2D eigenvalue weighted by molar-refractivity contribution is 0.102. The molecule has 0 fully saturated rings. The van der Waals surface area contributed by atoms with Crippen LogP contribution < -0.4 is 21.3 Å². The predicted octanol–water partition coefficient (Wildman–Crippen LogP) is 2.78. The van der Waals surface area contributed by atoms with Crippen LogP contribution >= 0.6 is 15.9 Å². The summed E-state index contributed by atoms with van der Waals surface area (Å²) < 4.78 is 6.08. The van der Waals surface area contributed by atoms with Gasteiger partial charge in [0, 0.05) is 22.4 Å². The van der Waals surface area contributed by atoms with Gasteiger partial charge in [-0.15, -0.1) is 0 Å². The van der Waals surface area contributed by atoms with Crippen LogP contribution in [-0.4, -0.2) is 17.5 Å². The van der Waals surface area contributed by atoms with Crippen LogP contribution in [-0.2, 0) is 0 Å². The lowest BCUT2D eigenvalue weighted by Crippen LogP contribution is -2.18. The number of hydrogen-bond donors (Lipinski definition) is 3. The molecular weight excluding hydrogens is 336 g/mol. The second-order valence-electron chi connectivity index (χ2n) is 4.11. The molecule has 0 spiro atoms. The number of nitrogens with one attached hydrogen (secondary N) is 2. The van der Waals surface area contributed by atoms with Gasteiger partial charge >= 0.3 is 0 Å². The summed E-state index contributed by atoms with van der Waals surface area (Å²) in [5, 5.41) is 2.78. The number of ether oxygens (including phenoxy) is 1. The zero-order valence-corrected chi connectivity index (χ0v) is 13.0. The van der Waals surface area contributed by atoms with Gasteiger partial charge in [0.05, 0.1) is 12.2 Å². The first kappa shape index (κ1) is 15.3. The number of anilines is 2. The summed E-state index contributed by atoms with van der Waals surface area (Å²) in [7, 11) is 0. The molecule has 0 aliphatic heterocycles. The van der Waals surface area contributed by atoms with E-state index in [1.54, 1.807) is 24.4 Å². The highest BCUT2D eigenvalue weighted by Crippen LogP contribution is 2.21. The molecule has 0 bridgehead atoms. The summed E-state index contributed by atoms with van der Waals surface area (Å²) in [6.45, 7) is 2.46. The molecule has 110 valence electrons. The van der Waals surface area contributed by atoms with Gasteiger partial charge in [0.15, 0.2) is 5.82 Å². The van der Waals surface area contributed by atoms with E-state index in [1.807, 2.05) is 19.1 Å². The molecular formula is C14H15BrN4O2. The van der Waals surface area contributed by atoms with Crippen molar-refractivity contribution in [3.63, 3.8) is 0 Å². The van der Waals surface area contributed by atoms with Gasteiger partial charge in [-0.25, -0.2) is 10.8 Å². The van der Waals surface area contributed by atoms with Gasteiger partial charge in [-0.3, -0.25) is 4.79 Å². The van der Waals surface area contributed by atoms with Crippen LogP contribution in [0.15, 0.2) is 41.0 Å². The van der Waals surface area contributed by atoms with E-state index in [9.17, 15) is 4.79 Å². The van der Waals surface area contributed by atoms with Crippen LogP contribution in [0.4, 0.5) is 11.5 Å². The highest BCUT2D eigenvalue weighted by atomic mass is 79.9. The van der Waals surface area contributed by atoms with Crippen molar-refractivity contribution in [1.82, 2.24) is 4.98 Å². The Morgan fingerprint density at radius 1 is 1.43 bits per heavy atom. The van der Waals surface area contributed by atoms with Crippen molar-refractivity contribution in [1.29, 1.82) is 0 Å². The number of hydrogen-bond acceptors (Lipinski definition) is 5. The molecule has 0 aliphatic rings. The molecule has 1 amide bonds. The first-order valence-corrected chi connectivity index (χ1v) is 7.09. The monoisotopic (exact) mass is 350 g/mol. The molecule has 0 aliphatic carbocycles. The molecule has 1 heterocycles. The number of hydrazine groups is 1. The third-order valence-corrected chi connectivity index (χ3v) is 3.07. The molecule has 1 aromatic carbocycles. The molecule has 0 saturated heterocycles. The fourth-order valence-corrected chi connectivity index (χ4v) is 2.09. The number of nitrogens with zero attached hydrogens (tertiary/aromatic N) is 1. The zero-order chi connectivity index (χ0) is 15.2. The molecule has 21 heavy (non-hydrogen) atoms. The van der Waals surface area contributed by atoms with Crippen molar-refractivity contribution >= 4 is 33.3 Å². The molecule has 7 heteroatoms. The van der Waals surface area contributed by atoms with Gasteiger partial charge in [0.1, 0.15) is 5.75 Å². The number of aromatic nitrogens is 1. The van der Waals surface area contributed by atoms with Crippen molar-refractivity contribution in [2.45, 2.75) is 6.92 Å². The average Bonchev–Trinajstić information content (AvgIpc) is 2.48. The number of benzene rings is 1. The van der Waals surface area contributed by atoms with Gasteiger partial charge in [-0.05, 0) is 41.1 Å². The van der Waals surface area contributed by atoms with Crippen LogP contribution in [0.2, 0.25) is 0 Å². The largest absolute Gasteiger partial charge is 0.494 e. The Labute approximate surface area is 130 Å². The molecule has 0 atom stereocenters. The Kier molecular flexibility index (Phi) is 5.13. The van der Waals surface area contributed by atoms with Crippen LogP contribution in [0.25, 0.3) is 0 Å². The summed E-state index contributed by atoms with van der Waals surface area (Å²) >= 11 is 3.28. The minimum Gasteiger partial charge on any atom is -0.494 e. The van der Waals surface area contributed by atoms with E-state index in [4.69, 9.17) is 10.6 Å². The second kappa shape index (κ2) is 7.05. The molecule has 0 saturated carbocycles. The molecule has 4 N–H and O–H groups in total. The molecule has 0 unspecified atom stereocenters. The molecule has 6 nitrogen and oxygen atoms in total. The standard InChI is InChI=1S/C14H15BrN4O2/c1-2-21-11-5-3-4-10(7-11)18-14(20)12-6-9(15)8-17-13(12)19-16/h3-8H,2,16H2,1H3,(H,17,19)(H,18,20). The van der Waals surface area contributed by atoms with Gasteiger partial charge in [-0.1, -0.05) is 6.07 Å². The number of amides is 1. The number of rotatable bonds is 5. The lowest BCUT2D eigenvalue weighted by Gasteiger charge is -2.10. The number of halogens is 1. The maximum absolute atomic E-state index is 12.3. The van der Waals surface area contributed by atoms with Gasteiger partial charge in [0.25, 0.3) is 5.91 Å². The predicted molar refractivity (Wildman–Crippen MR) is 85.3 cm³/mol. The Morgan fingerprint density at radius 3 is 2.95 bits per heavy atom. The topological polar surface area (TPSA) is 89.3 Å². The van der Waals surface area contributed by atoms with E-state index < -0.39 is 0 Å². The van der Waals surface area contributed by atoms with Gasteiger partial charge < -0.3 is 15.5 Å². The van der Waals surface area contributed by atoms with E-state index in [0.717, 1.165) is 0 Å². The summed E-state index contributed by atoms with van der Waals surface area (Å²) in [6.07, 6.45) is 1.56. The van der Waals surface area contributed by atoms with Crippen molar-refractivity contribution < 1.29 is 9.53 Å². The summed E-state index contributed by atoms with van der Waals surface area (Å²) in [5.74, 6) is 6.05. The Bertz CT molecular complexity index is 649. The third kappa shape index (κ3) is 3.93. The normalized spacial score (nSPS) is 10.0. The maximum atomic E-state index is 12.3. The second-order valence-corrected chi connectivity index (χ2v) is 5.02. The van der Waals surface area contributed by atoms with Crippen molar-refractivity contribution in [2.24, 2.45) is 5.84 Å². The average molecular weight is 351 g/mol. The highest BCUT2D eigenvalue weighted by molar-refractivity contribution is 9.10. The third-order valence-electron chi connectivity index (χ3n) is 2.64. The van der Waals surface area contributed by atoms with Crippen molar-refractivity contribution in [3.05, 3.63) is 46.6 Å². The SMILES string of the molecule is CCOc1cccc(NC(=O)c2cc(Br)cnc2NN)c1. The van der Waals surface area contributed by atoms with E-state index in [1.165, 1.54) is 0 Å².